The third-order valence-corrected chi connectivity index (χ3v) is 5.50. The molecule has 0 N–H and O–H groups in total. The monoisotopic (exact) mass is 254 g/mol. The van der Waals surface area contributed by atoms with Crippen LogP contribution in [0.25, 0.3) is 0 Å². The molecule has 4 aliphatic carbocycles. The number of hydrogen-bond donors (Lipinski definition) is 0. The lowest BCUT2D eigenvalue weighted by atomic mass is 9.52. The first-order valence-electron chi connectivity index (χ1n) is 7.36. The van der Waals surface area contributed by atoms with Crippen molar-refractivity contribution in [3.8, 4) is 6.07 Å². The Morgan fingerprint density at radius 2 is 1.63 bits per heavy atom. The number of aromatic nitrogens is 3. The van der Waals surface area contributed by atoms with Crippen molar-refractivity contribution in [3.05, 3.63) is 17.2 Å². The molecule has 0 aromatic carbocycles. The van der Waals surface area contributed by atoms with Gasteiger partial charge in [0.2, 0.25) is 0 Å². The molecule has 0 radical (unpaired) electrons. The third kappa shape index (κ3) is 1.68. The fourth-order valence-electron chi connectivity index (χ4n) is 4.99. The zero-order valence-corrected chi connectivity index (χ0v) is 11.2. The third-order valence-electron chi connectivity index (χ3n) is 5.50. The normalized spacial score (nSPS) is 39.3. The number of aryl methyl sites for hydroxylation is 1. The highest BCUT2D eigenvalue weighted by molar-refractivity contribution is 5.24. The number of nitriles is 1. The molecule has 0 spiro atoms. The first kappa shape index (κ1) is 11.3. The van der Waals surface area contributed by atoms with Crippen LogP contribution in [0, 0.1) is 41.9 Å². The van der Waals surface area contributed by atoms with Gasteiger partial charge in [-0.3, -0.25) is 0 Å². The van der Waals surface area contributed by atoms with E-state index in [0.717, 1.165) is 29.5 Å². The van der Waals surface area contributed by atoms with Gasteiger partial charge in [-0.2, -0.15) is 10.4 Å². The highest BCUT2D eigenvalue weighted by Crippen LogP contribution is 2.59. The minimum absolute atomic E-state index is 0.457. The molecule has 19 heavy (non-hydrogen) atoms. The van der Waals surface area contributed by atoms with Gasteiger partial charge in [-0.1, -0.05) is 0 Å². The number of hydrogen-bond acceptors (Lipinski definition) is 4. The Balaban J connectivity index is 1.71. The van der Waals surface area contributed by atoms with Gasteiger partial charge in [-0.05, 0) is 62.7 Å². The molecule has 4 aliphatic rings. The quantitative estimate of drug-likeness (QED) is 0.772. The summed E-state index contributed by atoms with van der Waals surface area (Å²) in [7, 11) is 0. The molecular weight excluding hydrogens is 236 g/mol. The zero-order chi connectivity index (χ0) is 13.0. The molecule has 1 heterocycles. The van der Waals surface area contributed by atoms with E-state index in [-0.39, 0.29) is 0 Å². The van der Waals surface area contributed by atoms with Crippen LogP contribution in [-0.4, -0.2) is 15.2 Å². The first-order valence-corrected chi connectivity index (χ1v) is 7.36. The Morgan fingerprint density at radius 3 is 2.21 bits per heavy atom. The van der Waals surface area contributed by atoms with Crippen molar-refractivity contribution in [1.82, 2.24) is 15.2 Å². The standard InChI is InChI=1S/C15H18N4/c1-8-13(7-16)17-15(19-18-8)14-11-3-9-2-10(5-11)6-12(14)4-9/h9-12,14H,2-6H2,1H3. The lowest BCUT2D eigenvalue weighted by molar-refractivity contribution is -0.00602. The van der Waals surface area contributed by atoms with E-state index < -0.39 is 0 Å². The van der Waals surface area contributed by atoms with Gasteiger partial charge in [0.25, 0.3) is 0 Å². The van der Waals surface area contributed by atoms with Crippen LogP contribution in [0.5, 0.6) is 0 Å². The Labute approximate surface area is 113 Å². The maximum absolute atomic E-state index is 9.11. The molecule has 1 aromatic heterocycles. The van der Waals surface area contributed by atoms with Crippen LogP contribution in [0.15, 0.2) is 0 Å². The van der Waals surface area contributed by atoms with Gasteiger partial charge < -0.3 is 0 Å². The average Bonchev–Trinajstić information content (AvgIpc) is 2.39. The second-order valence-electron chi connectivity index (χ2n) is 6.67. The van der Waals surface area contributed by atoms with E-state index in [4.69, 9.17) is 5.26 Å². The van der Waals surface area contributed by atoms with Crippen LogP contribution in [0.3, 0.4) is 0 Å². The molecule has 5 rings (SSSR count). The molecule has 98 valence electrons. The van der Waals surface area contributed by atoms with Crippen molar-refractivity contribution in [3.63, 3.8) is 0 Å². The first-order chi connectivity index (χ1) is 9.24. The van der Waals surface area contributed by atoms with Gasteiger partial charge in [-0.25, -0.2) is 4.98 Å². The molecule has 0 unspecified atom stereocenters. The maximum Gasteiger partial charge on any atom is 0.165 e. The minimum Gasteiger partial charge on any atom is -0.218 e. The van der Waals surface area contributed by atoms with Crippen molar-refractivity contribution in [1.29, 1.82) is 5.26 Å². The molecule has 4 saturated carbocycles. The van der Waals surface area contributed by atoms with Crippen LogP contribution in [0.2, 0.25) is 0 Å². The molecule has 0 amide bonds. The summed E-state index contributed by atoms with van der Waals surface area (Å²) in [6.07, 6.45) is 6.83. The van der Waals surface area contributed by atoms with E-state index in [0.29, 0.717) is 17.3 Å². The summed E-state index contributed by atoms with van der Waals surface area (Å²) in [6.45, 7) is 1.80. The van der Waals surface area contributed by atoms with E-state index in [2.05, 4.69) is 21.3 Å². The van der Waals surface area contributed by atoms with Gasteiger partial charge >= 0.3 is 0 Å². The van der Waals surface area contributed by atoms with E-state index >= 15 is 0 Å². The minimum atomic E-state index is 0.457. The summed E-state index contributed by atoms with van der Waals surface area (Å²) in [4.78, 5) is 4.50. The molecule has 1 aromatic rings. The molecular formula is C15H18N4. The lowest BCUT2D eigenvalue weighted by Crippen LogP contribution is -2.44. The van der Waals surface area contributed by atoms with E-state index in [9.17, 15) is 0 Å². The fourth-order valence-corrected chi connectivity index (χ4v) is 4.99. The van der Waals surface area contributed by atoms with E-state index in [1.807, 2.05) is 0 Å². The van der Waals surface area contributed by atoms with Crippen LogP contribution >= 0.6 is 0 Å². The average molecular weight is 254 g/mol. The summed E-state index contributed by atoms with van der Waals surface area (Å²) >= 11 is 0. The van der Waals surface area contributed by atoms with Gasteiger partial charge in [0.05, 0.1) is 5.69 Å². The van der Waals surface area contributed by atoms with Gasteiger partial charge in [0.1, 0.15) is 6.07 Å². The van der Waals surface area contributed by atoms with Crippen molar-refractivity contribution in [2.24, 2.45) is 23.7 Å². The Hall–Kier alpha value is -1.50. The largest absolute Gasteiger partial charge is 0.218 e. The number of rotatable bonds is 1. The SMILES string of the molecule is Cc1nnc(C2C3CC4CC(C3)CC2C4)nc1C#N. The zero-order valence-electron chi connectivity index (χ0n) is 11.2. The fraction of sp³-hybridized carbons (Fsp3) is 0.733. The summed E-state index contributed by atoms with van der Waals surface area (Å²) in [5, 5.41) is 17.6. The van der Waals surface area contributed by atoms with Crippen molar-refractivity contribution < 1.29 is 0 Å². The Kier molecular flexibility index (Phi) is 2.38. The smallest absolute Gasteiger partial charge is 0.165 e. The highest BCUT2D eigenvalue weighted by atomic mass is 15.2. The van der Waals surface area contributed by atoms with Crippen LogP contribution in [-0.2, 0) is 0 Å². The number of nitrogens with zero attached hydrogens (tertiary/aromatic N) is 4. The molecule has 0 saturated heterocycles. The van der Waals surface area contributed by atoms with Gasteiger partial charge in [0.15, 0.2) is 11.5 Å². The van der Waals surface area contributed by atoms with Gasteiger partial charge in [-0.15, -0.1) is 5.10 Å². The predicted molar refractivity (Wildman–Crippen MR) is 69.1 cm³/mol. The molecule has 4 fully saturated rings. The molecule has 4 nitrogen and oxygen atoms in total. The van der Waals surface area contributed by atoms with E-state index in [1.54, 1.807) is 6.92 Å². The second kappa shape index (κ2) is 4.00. The topological polar surface area (TPSA) is 62.5 Å². The molecule has 0 atom stereocenters. The summed E-state index contributed by atoms with van der Waals surface area (Å²) < 4.78 is 0. The van der Waals surface area contributed by atoms with Crippen molar-refractivity contribution in [2.75, 3.05) is 0 Å². The van der Waals surface area contributed by atoms with Gasteiger partial charge in [0, 0.05) is 5.92 Å². The van der Waals surface area contributed by atoms with Crippen LogP contribution in [0.4, 0.5) is 0 Å². The maximum atomic E-state index is 9.11. The predicted octanol–water partition coefficient (Wildman–Crippen LogP) is 2.59. The molecule has 4 heteroatoms. The molecule has 0 aliphatic heterocycles. The van der Waals surface area contributed by atoms with Crippen LogP contribution in [0.1, 0.15) is 55.2 Å². The lowest BCUT2D eigenvalue weighted by Gasteiger charge is -2.53. The summed E-state index contributed by atoms with van der Waals surface area (Å²) in [6, 6.07) is 2.14. The Morgan fingerprint density at radius 1 is 1.00 bits per heavy atom. The Bertz CT molecular complexity index is 532. The highest BCUT2D eigenvalue weighted by Gasteiger charge is 2.49. The van der Waals surface area contributed by atoms with E-state index in [1.165, 1.54) is 32.1 Å². The van der Waals surface area contributed by atoms with Crippen LogP contribution < -0.4 is 0 Å². The van der Waals surface area contributed by atoms with Crippen molar-refractivity contribution in [2.45, 2.75) is 44.9 Å². The van der Waals surface area contributed by atoms with Crippen molar-refractivity contribution >= 4 is 0 Å². The summed E-state index contributed by atoms with van der Waals surface area (Å²) in [5.41, 5.74) is 1.11. The molecule has 4 bridgehead atoms. The second-order valence-corrected chi connectivity index (χ2v) is 6.67. The summed E-state index contributed by atoms with van der Waals surface area (Å²) in [5.74, 6) is 4.70.